The van der Waals surface area contributed by atoms with Gasteiger partial charge in [-0.3, -0.25) is 4.79 Å². The number of nitrogens with one attached hydrogen (secondary N) is 1. The van der Waals surface area contributed by atoms with Crippen LogP contribution in [0.5, 0.6) is 0 Å². The third-order valence-corrected chi connectivity index (χ3v) is 1.76. The Bertz CT molecular complexity index is 171. The Hall–Kier alpha value is -0.650. The Kier molecular flexibility index (Phi) is 4.90. The minimum absolute atomic E-state index is 0.00995. The van der Waals surface area contributed by atoms with Crippen LogP contribution >= 0.6 is 0 Å². The highest BCUT2D eigenvalue weighted by Crippen LogP contribution is 1.98. The van der Waals surface area contributed by atoms with E-state index < -0.39 is 18.2 Å². The van der Waals surface area contributed by atoms with E-state index in [-0.39, 0.29) is 12.5 Å². The fourth-order valence-electron chi connectivity index (χ4n) is 0.650. The summed E-state index contributed by atoms with van der Waals surface area (Å²) < 4.78 is 0. The molecule has 0 aliphatic rings. The predicted octanol–water partition coefficient (Wildman–Crippen LogP) is -1.42. The summed E-state index contributed by atoms with van der Waals surface area (Å²) in [6, 6.07) is -0.547. The summed E-state index contributed by atoms with van der Waals surface area (Å²) in [5.74, 6) is -0.309. The Morgan fingerprint density at radius 3 is 2.62 bits per heavy atom. The normalized spacial score (nSPS) is 17.6. The highest BCUT2D eigenvalue weighted by atomic mass is 16.3. The van der Waals surface area contributed by atoms with E-state index in [2.05, 4.69) is 5.32 Å². The van der Waals surface area contributed by atoms with E-state index in [0.29, 0.717) is 6.42 Å². The number of carbonyl (C=O) groups is 1. The summed E-state index contributed by atoms with van der Waals surface area (Å²) in [5.41, 5.74) is 4.16. The van der Waals surface area contributed by atoms with Crippen molar-refractivity contribution in [3.05, 3.63) is 0 Å². The van der Waals surface area contributed by atoms with Gasteiger partial charge >= 0.3 is 0 Å². The van der Waals surface area contributed by atoms with Crippen LogP contribution in [-0.4, -0.2) is 40.9 Å². The molecule has 5 N–H and O–H groups in total. The lowest BCUT2D eigenvalue weighted by atomic mass is 10.1. The van der Waals surface area contributed by atoms with Gasteiger partial charge in [0.2, 0.25) is 5.91 Å². The number of aliphatic hydroxyl groups excluding tert-OH is 1. The standard InChI is InChI=1S/C8H18N2O3/c1-3-6(9)7(12)10-4-8(2,13)5-11/h6,11,13H,3-5,9H2,1-2H3,(H,10,12)/t6-,8?/m1/s1. The van der Waals surface area contributed by atoms with Gasteiger partial charge in [0.05, 0.1) is 12.6 Å². The molecule has 5 nitrogen and oxygen atoms in total. The number of amides is 1. The lowest BCUT2D eigenvalue weighted by Crippen LogP contribution is -2.48. The first kappa shape index (κ1) is 12.3. The zero-order valence-corrected chi connectivity index (χ0v) is 8.08. The largest absolute Gasteiger partial charge is 0.393 e. The van der Waals surface area contributed by atoms with E-state index in [1.807, 2.05) is 0 Å². The van der Waals surface area contributed by atoms with Crippen LogP contribution in [0.15, 0.2) is 0 Å². The Morgan fingerprint density at radius 2 is 2.23 bits per heavy atom. The summed E-state index contributed by atoms with van der Waals surface area (Å²) >= 11 is 0. The van der Waals surface area contributed by atoms with Gasteiger partial charge in [0.25, 0.3) is 0 Å². The van der Waals surface area contributed by atoms with Gasteiger partial charge in [0, 0.05) is 6.54 Å². The van der Waals surface area contributed by atoms with Gasteiger partial charge in [-0.05, 0) is 13.3 Å². The zero-order valence-electron chi connectivity index (χ0n) is 8.08. The molecule has 0 aromatic rings. The first-order valence-electron chi connectivity index (χ1n) is 4.29. The molecule has 2 atom stereocenters. The van der Waals surface area contributed by atoms with Crippen LogP contribution in [0.3, 0.4) is 0 Å². The molecule has 5 heteroatoms. The van der Waals surface area contributed by atoms with Crippen molar-refractivity contribution >= 4 is 5.91 Å². The van der Waals surface area contributed by atoms with E-state index in [9.17, 15) is 9.90 Å². The smallest absolute Gasteiger partial charge is 0.237 e. The Balaban J connectivity index is 3.83. The van der Waals surface area contributed by atoms with Gasteiger partial charge in [-0.2, -0.15) is 0 Å². The van der Waals surface area contributed by atoms with E-state index >= 15 is 0 Å². The highest BCUT2D eigenvalue weighted by molar-refractivity contribution is 5.81. The topological polar surface area (TPSA) is 95.6 Å². The minimum atomic E-state index is -1.27. The zero-order chi connectivity index (χ0) is 10.5. The molecule has 0 aromatic heterocycles. The van der Waals surface area contributed by atoms with Crippen LogP contribution < -0.4 is 11.1 Å². The molecule has 0 fully saturated rings. The molecule has 0 heterocycles. The molecular formula is C8H18N2O3. The summed E-state index contributed by atoms with van der Waals surface area (Å²) in [6.07, 6.45) is 0.549. The molecule has 0 aliphatic heterocycles. The van der Waals surface area contributed by atoms with Crippen molar-refractivity contribution in [2.75, 3.05) is 13.2 Å². The predicted molar refractivity (Wildman–Crippen MR) is 49.0 cm³/mol. The van der Waals surface area contributed by atoms with E-state index in [1.54, 1.807) is 6.92 Å². The molecule has 0 bridgehead atoms. The first-order chi connectivity index (χ1) is 5.93. The molecule has 0 saturated carbocycles. The van der Waals surface area contributed by atoms with Crippen molar-refractivity contribution in [2.24, 2.45) is 5.73 Å². The van der Waals surface area contributed by atoms with Crippen LogP contribution in [0.1, 0.15) is 20.3 Å². The number of rotatable bonds is 5. The van der Waals surface area contributed by atoms with E-state index in [1.165, 1.54) is 6.92 Å². The monoisotopic (exact) mass is 190 g/mol. The van der Waals surface area contributed by atoms with E-state index in [4.69, 9.17) is 10.8 Å². The average molecular weight is 190 g/mol. The second-order valence-corrected chi connectivity index (χ2v) is 3.39. The SMILES string of the molecule is CC[C@@H](N)C(=O)NCC(C)(O)CO. The van der Waals surface area contributed by atoms with Crippen LogP contribution in [0.4, 0.5) is 0 Å². The second-order valence-electron chi connectivity index (χ2n) is 3.39. The summed E-state index contributed by atoms with van der Waals surface area (Å²) in [6.45, 7) is 2.85. The third kappa shape index (κ3) is 4.82. The van der Waals surface area contributed by atoms with Gasteiger partial charge in [-0.1, -0.05) is 6.92 Å². The molecule has 1 amide bonds. The number of carbonyl (C=O) groups excluding carboxylic acids is 1. The lowest BCUT2D eigenvalue weighted by Gasteiger charge is -2.21. The third-order valence-electron chi connectivity index (χ3n) is 1.76. The van der Waals surface area contributed by atoms with Crippen molar-refractivity contribution in [3.63, 3.8) is 0 Å². The second kappa shape index (κ2) is 5.16. The molecule has 0 radical (unpaired) electrons. The highest BCUT2D eigenvalue weighted by Gasteiger charge is 2.21. The van der Waals surface area contributed by atoms with Gasteiger partial charge in [-0.15, -0.1) is 0 Å². The van der Waals surface area contributed by atoms with Crippen molar-refractivity contribution in [1.29, 1.82) is 0 Å². The molecule has 0 rings (SSSR count). The maximum Gasteiger partial charge on any atom is 0.237 e. The number of nitrogens with two attached hydrogens (primary N) is 1. The van der Waals surface area contributed by atoms with Gasteiger partial charge in [-0.25, -0.2) is 0 Å². The van der Waals surface area contributed by atoms with Crippen LogP contribution in [-0.2, 0) is 4.79 Å². The summed E-state index contributed by atoms with van der Waals surface area (Å²) in [7, 11) is 0. The molecular weight excluding hydrogens is 172 g/mol. The first-order valence-corrected chi connectivity index (χ1v) is 4.29. The van der Waals surface area contributed by atoms with Gasteiger partial charge in [0.1, 0.15) is 5.60 Å². The summed E-state index contributed by atoms with van der Waals surface area (Å²) in [5, 5.41) is 20.4. The fraction of sp³-hybridized carbons (Fsp3) is 0.875. The van der Waals surface area contributed by atoms with Crippen molar-refractivity contribution in [1.82, 2.24) is 5.32 Å². The van der Waals surface area contributed by atoms with Crippen molar-refractivity contribution in [3.8, 4) is 0 Å². The molecule has 0 aromatic carbocycles. The van der Waals surface area contributed by atoms with Crippen molar-refractivity contribution in [2.45, 2.75) is 31.9 Å². The minimum Gasteiger partial charge on any atom is -0.393 e. The molecule has 0 spiro atoms. The lowest BCUT2D eigenvalue weighted by molar-refractivity contribution is -0.123. The average Bonchev–Trinajstić information content (AvgIpc) is 2.13. The number of hydrogen-bond acceptors (Lipinski definition) is 4. The molecule has 13 heavy (non-hydrogen) atoms. The maximum absolute atomic E-state index is 11.1. The van der Waals surface area contributed by atoms with Gasteiger partial charge < -0.3 is 21.3 Å². The number of aliphatic hydroxyl groups is 2. The van der Waals surface area contributed by atoms with Crippen molar-refractivity contribution < 1.29 is 15.0 Å². The Morgan fingerprint density at radius 1 is 1.69 bits per heavy atom. The van der Waals surface area contributed by atoms with Crippen LogP contribution in [0.2, 0.25) is 0 Å². The van der Waals surface area contributed by atoms with Gasteiger partial charge in [0.15, 0.2) is 0 Å². The quantitative estimate of drug-likeness (QED) is 0.428. The summed E-state index contributed by atoms with van der Waals surface area (Å²) in [4.78, 5) is 11.1. The molecule has 78 valence electrons. The molecule has 1 unspecified atom stereocenters. The van der Waals surface area contributed by atoms with Crippen LogP contribution in [0, 0.1) is 0 Å². The van der Waals surface area contributed by atoms with E-state index in [0.717, 1.165) is 0 Å². The molecule has 0 saturated heterocycles. The number of hydrogen-bond donors (Lipinski definition) is 4. The van der Waals surface area contributed by atoms with Crippen LogP contribution in [0.25, 0.3) is 0 Å². The molecule has 0 aliphatic carbocycles. The Labute approximate surface area is 77.9 Å². The fourth-order valence-corrected chi connectivity index (χ4v) is 0.650. The maximum atomic E-state index is 11.1.